The summed E-state index contributed by atoms with van der Waals surface area (Å²) in [6.45, 7) is 4.95. The van der Waals surface area contributed by atoms with Crippen LogP contribution in [0.2, 0.25) is 0 Å². The van der Waals surface area contributed by atoms with Crippen molar-refractivity contribution in [1.29, 1.82) is 0 Å². The normalized spacial score (nSPS) is 14.4. The lowest BCUT2D eigenvalue weighted by molar-refractivity contribution is -0.877. The van der Waals surface area contributed by atoms with Crippen LogP contribution >= 0.6 is 0 Å². The van der Waals surface area contributed by atoms with E-state index in [1.54, 1.807) is 6.08 Å². The van der Waals surface area contributed by atoms with Crippen molar-refractivity contribution in [3.63, 3.8) is 0 Å². The SMILES string of the molecule is CCCCCC/C=C\CCCCCCCCC(O)(CC(=O)[O-])C[N+](C)(C)C.CCCCCCCCCCCCCC=CC(=O)C(O)(CC(=O)[O-])C[N+](C)(C)C. The fourth-order valence-corrected chi connectivity index (χ4v) is 7.24. The molecule has 0 aliphatic carbocycles. The second-order valence-corrected chi connectivity index (χ2v) is 18.3. The number of quaternary nitrogens is 2. The van der Waals surface area contributed by atoms with Crippen LogP contribution in [0.3, 0.4) is 0 Å². The lowest BCUT2D eigenvalue weighted by atomic mass is 9.91. The zero-order chi connectivity index (χ0) is 42.1. The van der Waals surface area contributed by atoms with Crippen molar-refractivity contribution in [1.82, 2.24) is 0 Å². The van der Waals surface area contributed by atoms with Gasteiger partial charge in [0, 0.05) is 24.8 Å². The number of ketones is 1. The molecule has 0 spiro atoms. The Hall–Kier alpha value is -2.07. The first-order chi connectivity index (χ1) is 25.8. The fourth-order valence-electron chi connectivity index (χ4n) is 7.24. The Balaban J connectivity index is 0. The Morgan fingerprint density at radius 1 is 0.491 bits per heavy atom. The Morgan fingerprint density at radius 2 is 0.836 bits per heavy atom. The summed E-state index contributed by atoms with van der Waals surface area (Å²) in [5.41, 5.74) is -3.07. The summed E-state index contributed by atoms with van der Waals surface area (Å²) in [4.78, 5) is 34.2. The highest BCUT2D eigenvalue weighted by Crippen LogP contribution is 2.23. The summed E-state index contributed by atoms with van der Waals surface area (Å²) in [5, 5.41) is 43.1. The number of carbonyl (C=O) groups excluding carboxylic acids is 3. The van der Waals surface area contributed by atoms with Crippen LogP contribution in [-0.4, -0.2) is 103 Å². The smallest absolute Gasteiger partial charge is 0.193 e. The van der Waals surface area contributed by atoms with Gasteiger partial charge in [0.15, 0.2) is 11.4 Å². The number of carbonyl (C=O) groups is 3. The van der Waals surface area contributed by atoms with Crippen LogP contribution in [0.1, 0.15) is 187 Å². The molecule has 0 amide bonds. The Kier molecular flexibility index (Phi) is 33.0. The molecular weight excluding hydrogens is 693 g/mol. The second-order valence-electron chi connectivity index (χ2n) is 18.3. The molecule has 0 saturated carbocycles. The van der Waals surface area contributed by atoms with E-state index < -0.39 is 35.3 Å². The third-order valence-corrected chi connectivity index (χ3v) is 9.77. The van der Waals surface area contributed by atoms with E-state index >= 15 is 0 Å². The van der Waals surface area contributed by atoms with Crippen LogP contribution in [-0.2, 0) is 14.4 Å². The van der Waals surface area contributed by atoms with Gasteiger partial charge in [-0.25, -0.2) is 0 Å². The number of hydrogen-bond acceptors (Lipinski definition) is 7. The number of unbranched alkanes of at least 4 members (excludes halogenated alkanes) is 21. The second kappa shape index (κ2) is 33.0. The lowest BCUT2D eigenvalue weighted by Gasteiger charge is -2.36. The topological polar surface area (TPSA) is 138 Å². The van der Waals surface area contributed by atoms with Gasteiger partial charge in [0.05, 0.1) is 42.3 Å². The minimum absolute atomic E-state index is 0.0304. The molecule has 324 valence electrons. The molecule has 9 nitrogen and oxygen atoms in total. The van der Waals surface area contributed by atoms with Gasteiger partial charge in [-0.3, -0.25) is 4.79 Å². The van der Waals surface area contributed by atoms with Gasteiger partial charge in [0.25, 0.3) is 0 Å². The van der Waals surface area contributed by atoms with E-state index in [1.807, 2.05) is 42.3 Å². The molecule has 0 saturated heterocycles. The summed E-state index contributed by atoms with van der Waals surface area (Å²) in [7, 11) is 11.3. The summed E-state index contributed by atoms with van der Waals surface area (Å²) in [5.74, 6) is -3.12. The van der Waals surface area contributed by atoms with Crippen molar-refractivity contribution in [2.75, 3.05) is 55.4 Å². The Morgan fingerprint density at radius 3 is 1.22 bits per heavy atom. The average Bonchev–Trinajstić information content (AvgIpc) is 3.04. The van der Waals surface area contributed by atoms with Crippen LogP contribution in [0, 0.1) is 0 Å². The lowest BCUT2D eigenvalue weighted by Crippen LogP contribution is -2.55. The zero-order valence-corrected chi connectivity index (χ0v) is 37.1. The number of likely N-dealkylation sites (N-methyl/N-ethyl adjacent to an activating group) is 2. The maximum Gasteiger partial charge on any atom is 0.193 e. The van der Waals surface area contributed by atoms with Gasteiger partial charge in [-0.15, -0.1) is 0 Å². The van der Waals surface area contributed by atoms with E-state index in [-0.39, 0.29) is 13.0 Å². The third-order valence-electron chi connectivity index (χ3n) is 9.77. The summed E-state index contributed by atoms with van der Waals surface area (Å²) in [6.07, 6.45) is 36.7. The van der Waals surface area contributed by atoms with Gasteiger partial charge in [-0.1, -0.05) is 148 Å². The number of allylic oxidation sites excluding steroid dienone is 3. The largest absolute Gasteiger partial charge is 0.550 e. The van der Waals surface area contributed by atoms with Crippen molar-refractivity contribution < 1.29 is 43.8 Å². The predicted octanol–water partition coefficient (Wildman–Crippen LogP) is 7.60. The maximum absolute atomic E-state index is 12.3. The summed E-state index contributed by atoms with van der Waals surface area (Å²) >= 11 is 0. The van der Waals surface area contributed by atoms with E-state index in [0.29, 0.717) is 21.9 Å². The highest BCUT2D eigenvalue weighted by Gasteiger charge is 2.39. The summed E-state index contributed by atoms with van der Waals surface area (Å²) in [6, 6.07) is 0. The zero-order valence-electron chi connectivity index (χ0n) is 37.1. The highest BCUT2D eigenvalue weighted by atomic mass is 16.4. The number of aliphatic hydroxyl groups is 2. The van der Waals surface area contributed by atoms with Gasteiger partial charge in [-0.2, -0.15) is 0 Å². The first kappa shape index (κ1) is 55.0. The van der Waals surface area contributed by atoms with Crippen molar-refractivity contribution in [3.05, 3.63) is 24.3 Å². The Labute approximate surface area is 338 Å². The van der Waals surface area contributed by atoms with E-state index in [0.717, 1.165) is 38.5 Å². The minimum atomic E-state index is -1.91. The fraction of sp³-hybridized carbons (Fsp3) is 0.848. The molecule has 2 N–H and O–H groups in total. The molecule has 0 aromatic heterocycles. The quantitative estimate of drug-likeness (QED) is 0.0289. The molecule has 0 radical (unpaired) electrons. The van der Waals surface area contributed by atoms with Crippen LogP contribution in [0.4, 0.5) is 0 Å². The molecule has 0 heterocycles. The van der Waals surface area contributed by atoms with Crippen LogP contribution in [0.5, 0.6) is 0 Å². The van der Waals surface area contributed by atoms with Crippen LogP contribution in [0.15, 0.2) is 24.3 Å². The molecule has 9 heteroatoms. The van der Waals surface area contributed by atoms with Crippen molar-refractivity contribution >= 4 is 17.7 Å². The van der Waals surface area contributed by atoms with Crippen molar-refractivity contribution in [3.8, 4) is 0 Å². The highest BCUT2D eigenvalue weighted by molar-refractivity contribution is 5.99. The average molecular weight is 781 g/mol. The molecule has 55 heavy (non-hydrogen) atoms. The molecule has 0 fully saturated rings. The van der Waals surface area contributed by atoms with Gasteiger partial charge >= 0.3 is 0 Å². The molecule has 2 atom stereocenters. The number of hydrogen-bond donors (Lipinski definition) is 2. The first-order valence-corrected chi connectivity index (χ1v) is 22.1. The number of aliphatic carboxylic acids is 2. The van der Waals surface area contributed by atoms with Crippen LogP contribution < -0.4 is 10.2 Å². The van der Waals surface area contributed by atoms with Crippen molar-refractivity contribution in [2.24, 2.45) is 0 Å². The molecule has 0 aliphatic rings. The van der Waals surface area contributed by atoms with E-state index in [1.165, 1.54) is 122 Å². The first-order valence-electron chi connectivity index (χ1n) is 22.1. The number of rotatable bonds is 36. The molecular formula is C46H88N2O7. The molecule has 0 aromatic carbocycles. The third kappa shape index (κ3) is 38.6. The van der Waals surface area contributed by atoms with Gasteiger partial charge < -0.3 is 39.0 Å². The van der Waals surface area contributed by atoms with Gasteiger partial charge in [0.1, 0.15) is 18.7 Å². The standard InChI is InChI=1S/C23H43NO4.C23H45NO3/c1-5-6-7-8-9-10-11-12-13-14-15-16-17-18-21(25)23(28,19-22(26)27)20-24(2,3)4;1-5-6-7-8-9-10-11-12-13-14-15-16-17-18-19-23(27,20-22(25)26)21-24(2,3)4/h17-18,28H,5-16,19-20H2,1-4H3;10-11,27H,5-9,12-21H2,1-4H3/b;11-10-. The van der Waals surface area contributed by atoms with E-state index in [4.69, 9.17) is 0 Å². The minimum Gasteiger partial charge on any atom is -0.550 e. The van der Waals surface area contributed by atoms with Gasteiger partial charge in [-0.05, 0) is 51.0 Å². The molecule has 0 bridgehead atoms. The number of carboxylic acids is 2. The van der Waals surface area contributed by atoms with Gasteiger partial charge in [0.2, 0.25) is 0 Å². The van der Waals surface area contributed by atoms with E-state index in [9.17, 15) is 34.8 Å². The predicted molar refractivity (Wildman–Crippen MR) is 225 cm³/mol. The maximum atomic E-state index is 12.3. The molecule has 0 aliphatic heterocycles. The molecule has 0 aromatic rings. The van der Waals surface area contributed by atoms with Crippen molar-refractivity contribution in [2.45, 2.75) is 198 Å². The molecule has 2 unspecified atom stereocenters. The van der Waals surface area contributed by atoms with Crippen LogP contribution in [0.25, 0.3) is 0 Å². The number of carboxylic acid groups (broad SMARTS) is 2. The summed E-state index contributed by atoms with van der Waals surface area (Å²) < 4.78 is 0.845. The van der Waals surface area contributed by atoms with E-state index in [2.05, 4.69) is 26.0 Å². The monoisotopic (exact) mass is 781 g/mol. The Bertz CT molecular complexity index is 1030. The number of nitrogens with zero attached hydrogens (tertiary/aromatic N) is 2. The molecule has 0 rings (SSSR count).